The third-order valence-electron chi connectivity index (χ3n) is 2.98. The van der Waals surface area contributed by atoms with E-state index >= 15 is 0 Å². The van der Waals surface area contributed by atoms with E-state index in [1.807, 2.05) is 31.2 Å². The summed E-state index contributed by atoms with van der Waals surface area (Å²) < 4.78 is 1.05. The summed E-state index contributed by atoms with van der Waals surface area (Å²) in [5.74, 6) is -0.0955. The summed E-state index contributed by atoms with van der Waals surface area (Å²) in [6.07, 6.45) is 0.793. The van der Waals surface area contributed by atoms with Crippen LogP contribution >= 0.6 is 15.9 Å². The number of anilines is 1. The summed E-state index contributed by atoms with van der Waals surface area (Å²) >= 11 is 3.41. The molecule has 104 valence electrons. The van der Waals surface area contributed by atoms with Crippen molar-refractivity contribution in [3.8, 4) is 0 Å². The van der Waals surface area contributed by atoms with Gasteiger partial charge in [0.2, 0.25) is 0 Å². The standard InChI is InChI=1S/C16H17BrN2O/c1-11(9-12-5-7-14(17)8-6-12)19-16(20)13-3-2-4-15(18)10-13/h2-8,10-11H,9,18H2,1H3,(H,19,20). The first-order valence-electron chi connectivity index (χ1n) is 6.45. The molecular formula is C16H17BrN2O. The molecule has 1 unspecified atom stereocenters. The summed E-state index contributed by atoms with van der Waals surface area (Å²) in [6.45, 7) is 1.99. The number of carbonyl (C=O) groups excluding carboxylic acids is 1. The lowest BCUT2D eigenvalue weighted by atomic mass is 10.1. The second-order valence-corrected chi connectivity index (χ2v) is 5.75. The molecule has 20 heavy (non-hydrogen) atoms. The Morgan fingerprint density at radius 2 is 1.95 bits per heavy atom. The van der Waals surface area contributed by atoms with E-state index < -0.39 is 0 Å². The minimum atomic E-state index is -0.0955. The Morgan fingerprint density at radius 3 is 2.60 bits per heavy atom. The van der Waals surface area contributed by atoms with Crippen LogP contribution in [0, 0.1) is 0 Å². The molecule has 0 spiro atoms. The second-order valence-electron chi connectivity index (χ2n) is 4.83. The van der Waals surface area contributed by atoms with Crippen LogP contribution in [0.1, 0.15) is 22.8 Å². The molecule has 0 radical (unpaired) electrons. The maximum atomic E-state index is 12.1. The molecule has 2 aromatic carbocycles. The van der Waals surface area contributed by atoms with Crippen molar-refractivity contribution in [3.05, 3.63) is 64.1 Å². The molecule has 0 saturated carbocycles. The molecule has 3 N–H and O–H groups in total. The number of nitrogens with one attached hydrogen (secondary N) is 1. The van der Waals surface area contributed by atoms with E-state index in [0.29, 0.717) is 11.3 Å². The van der Waals surface area contributed by atoms with E-state index in [0.717, 1.165) is 10.9 Å². The summed E-state index contributed by atoms with van der Waals surface area (Å²) in [4.78, 5) is 12.1. The fourth-order valence-electron chi connectivity index (χ4n) is 2.01. The molecule has 4 heteroatoms. The van der Waals surface area contributed by atoms with E-state index in [-0.39, 0.29) is 11.9 Å². The maximum Gasteiger partial charge on any atom is 0.251 e. The average molecular weight is 333 g/mol. The van der Waals surface area contributed by atoms with Gasteiger partial charge in [0.1, 0.15) is 0 Å². The third kappa shape index (κ3) is 4.10. The normalized spacial score (nSPS) is 11.9. The van der Waals surface area contributed by atoms with Gasteiger partial charge in [-0.1, -0.05) is 34.1 Å². The van der Waals surface area contributed by atoms with Crippen molar-refractivity contribution >= 4 is 27.5 Å². The van der Waals surface area contributed by atoms with Crippen LogP contribution in [-0.2, 0) is 6.42 Å². The van der Waals surface area contributed by atoms with Crippen molar-refractivity contribution in [2.24, 2.45) is 0 Å². The first-order valence-corrected chi connectivity index (χ1v) is 7.25. The minimum Gasteiger partial charge on any atom is -0.399 e. The van der Waals surface area contributed by atoms with Crippen LogP contribution in [0.15, 0.2) is 53.0 Å². The predicted octanol–water partition coefficient (Wildman–Crippen LogP) is 3.39. The quantitative estimate of drug-likeness (QED) is 0.843. The zero-order chi connectivity index (χ0) is 14.5. The number of halogens is 1. The zero-order valence-electron chi connectivity index (χ0n) is 11.3. The van der Waals surface area contributed by atoms with Gasteiger partial charge >= 0.3 is 0 Å². The van der Waals surface area contributed by atoms with Crippen molar-refractivity contribution in [2.75, 3.05) is 5.73 Å². The molecule has 2 rings (SSSR count). The molecule has 0 bridgehead atoms. The first kappa shape index (κ1) is 14.6. The topological polar surface area (TPSA) is 55.1 Å². The van der Waals surface area contributed by atoms with Gasteiger partial charge in [-0.3, -0.25) is 4.79 Å². The van der Waals surface area contributed by atoms with Crippen LogP contribution in [0.3, 0.4) is 0 Å². The Morgan fingerprint density at radius 1 is 1.25 bits per heavy atom. The van der Waals surface area contributed by atoms with Crippen molar-refractivity contribution in [1.82, 2.24) is 5.32 Å². The number of hydrogen-bond acceptors (Lipinski definition) is 2. The fourth-order valence-corrected chi connectivity index (χ4v) is 2.28. The highest BCUT2D eigenvalue weighted by Gasteiger charge is 2.10. The van der Waals surface area contributed by atoms with Gasteiger partial charge in [0.25, 0.3) is 5.91 Å². The van der Waals surface area contributed by atoms with Crippen molar-refractivity contribution < 1.29 is 4.79 Å². The highest BCUT2D eigenvalue weighted by Crippen LogP contribution is 2.12. The smallest absolute Gasteiger partial charge is 0.251 e. The predicted molar refractivity (Wildman–Crippen MR) is 85.6 cm³/mol. The van der Waals surface area contributed by atoms with Crippen LogP contribution in [-0.4, -0.2) is 11.9 Å². The molecule has 3 nitrogen and oxygen atoms in total. The molecular weight excluding hydrogens is 316 g/mol. The van der Waals surface area contributed by atoms with Crippen LogP contribution in [0.5, 0.6) is 0 Å². The number of carbonyl (C=O) groups is 1. The van der Waals surface area contributed by atoms with Gasteiger partial charge in [-0.2, -0.15) is 0 Å². The molecule has 0 aromatic heterocycles. The molecule has 0 heterocycles. The maximum absolute atomic E-state index is 12.1. The number of nitrogens with two attached hydrogens (primary N) is 1. The minimum absolute atomic E-state index is 0.0603. The SMILES string of the molecule is CC(Cc1ccc(Br)cc1)NC(=O)c1cccc(N)c1. The number of amides is 1. The lowest BCUT2D eigenvalue weighted by molar-refractivity contribution is 0.0940. The van der Waals surface area contributed by atoms with Crippen molar-refractivity contribution in [2.45, 2.75) is 19.4 Å². The lowest BCUT2D eigenvalue weighted by Crippen LogP contribution is -2.34. The first-order chi connectivity index (χ1) is 9.54. The van der Waals surface area contributed by atoms with Crippen LogP contribution in [0.4, 0.5) is 5.69 Å². The van der Waals surface area contributed by atoms with Gasteiger partial charge in [-0.15, -0.1) is 0 Å². The molecule has 1 atom stereocenters. The molecule has 0 aliphatic carbocycles. The van der Waals surface area contributed by atoms with E-state index in [9.17, 15) is 4.79 Å². The van der Waals surface area contributed by atoms with Gasteiger partial charge in [-0.05, 0) is 49.2 Å². The Kier molecular flexibility index (Phi) is 4.79. The number of benzene rings is 2. The molecule has 1 amide bonds. The van der Waals surface area contributed by atoms with Crippen LogP contribution in [0.2, 0.25) is 0 Å². The van der Waals surface area contributed by atoms with Gasteiger partial charge < -0.3 is 11.1 Å². The molecule has 2 aromatic rings. The van der Waals surface area contributed by atoms with Gasteiger partial charge in [0.15, 0.2) is 0 Å². The van der Waals surface area contributed by atoms with Gasteiger partial charge in [-0.25, -0.2) is 0 Å². The Bertz CT molecular complexity index is 596. The Labute approximate surface area is 127 Å². The summed E-state index contributed by atoms with van der Waals surface area (Å²) in [5.41, 5.74) is 8.05. The summed E-state index contributed by atoms with van der Waals surface area (Å²) in [6, 6.07) is 15.2. The highest BCUT2D eigenvalue weighted by atomic mass is 79.9. The van der Waals surface area contributed by atoms with Crippen LogP contribution in [0.25, 0.3) is 0 Å². The Hall–Kier alpha value is -1.81. The monoisotopic (exact) mass is 332 g/mol. The molecule has 0 aliphatic heterocycles. The van der Waals surface area contributed by atoms with E-state index in [1.165, 1.54) is 5.56 Å². The largest absolute Gasteiger partial charge is 0.399 e. The fraction of sp³-hybridized carbons (Fsp3) is 0.188. The summed E-state index contributed by atoms with van der Waals surface area (Å²) in [7, 11) is 0. The second kappa shape index (κ2) is 6.57. The number of rotatable bonds is 4. The third-order valence-corrected chi connectivity index (χ3v) is 3.51. The number of nitrogen functional groups attached to an aromatic ring is 1. The van der Waals surface area contributed by atoms with E-state index in [1.54, 1.807) is 24.3 Å². The zero-order valence-corrected chi connectivity index (χ0v) is 12.9. The molecule has 0 saturated heterocycles. The highest BCUT2D eigenvalue weighted by molar-refractivity contribution is 9.10. The lowest BCUT2D eigenvalue weighted by Gasteiger charge is -2.14. The Balaban J connectivity index is 1.95. The van der Waals surface area contributed by atoms with Gasteiger partial charge in [0.05, 0.1) is 0 Å². The molecule has 0 fully saturated rings. The van der Waals surface area contributed by atoms with E-state index in [2.05, 4.69) is 21.2 Å². The van der Waals surface area contributed by atoms with Gasteiger partial charge in [0, 0.05) is 21.8 Å². The van der Waals surface area contributed by atoms with Crippen LogP contribution < -0.4 is 11.1 Å². The summed E-state index contributed by atoms with van der Waals surface area (Å²) in [5, 5.41) is 2.98. The van der Waals surface area contributed by atoms with E-state index in [4.69, 9.17) is 5.73 Å². The van der Waals surface area contributed by atoms with Crippen molar-refractivity contribution in [1.29, 1.82) is 0 Å². The van der Waals surface area contributed by atoms with Crippen molar-refractivity contribution in [3.63, 3.8) is 0 Å². The molecule has 0 aliphatic rings. The number of hydrogen-bond donors (Lipinski definition) is 2. The average Bonchev–Trinajstić information content (AvgIpc) is 2.41.